The van der Waals surface area contributed by atoms with E-state index in [9.17, 15) is 0 Å². The minimum absolute atomic E-state index is 0.156. The van der Waals surface area contributed by atoms with Crippen molar-refractivity contribution in [1.29, 1.82) is 5.26 Å². The van der Waals surface area contributed by atoms with Crippen molar-refractivity contribution >= 4 is 12.4 Å². The number of fused-ring (bicyclic) bond motifs is 1. The molecule has 1 atom stereocenters. The molecular formula is C16H23BN4O. The Kier molecular flexibility index (Phi) is 5.43. The molecular weight excluding hydrogens is 275 g/mol. The van der Waals surface area contributed by atoms with E-state index in [2.05, 4.69) is 11.1 Å². The van der Waals surface area contributed by atoms with E-state index in [0.29, 0.717) is 11.8 Å². The molecule has 3 rings (SSSR count). The minimum Gasteiger partial charge on any atom is -0.481 e. The van der Waals surface area contributed by atoms with Crippen LogP contribution in [0.2, 0.25) is 12.6 Å². The van der Waals surface area contributed by atoms with Crippen molar-refractivity contribution in [3.8, 4) is 11.8 Å². The first kappa shape index (κ1) is 16.3. The summed E-state index contributed by atoms with van der Waals surface area (Å²) < 4.78 is 7.15. The lowest BCUT2D eigenvalue weighted by molar-refractivity contribution is 0.383. The van der Waals surface area contributed by atoms with Crippen LogP contribution in [0.25, 0.3) is 5.65 Å². The zero-order chi connectivity index (χ0) is 16.1. The zero-order valence-corrected chi connectivity index (χ0v) is 13.8. The van der Waals surface area contributed by atoms with Crippen LogP contribution >= 0.6 is 0 Å². The summed E-state index contributed by atoms with van der Waals surface area (Å²) in [6.07, 6.45) is 5.90. The maximum atomic E-state index is 9.13. The quantitative estimate of drug-likeness (QED) is 0.796. The Morgan fingerprint density at radius 3 is 2.91 bits per heavy atom. The van der Waals surface area contributed by atoms with E-state index < -0.39 is 0 Å². The summed E-state index contributed by atoms with van der Waals surface area (Å²) in [7, 11) is 1.65. The molecule has 1 aliphatic rings. The van der Waals surface area contributed by atoms with Gasteiger partial charge < -0.3 is 4.74 Å². The Morgan fingerprint density at radius 2 is 2.23 bits per heavy atom. The lowest BCUT2D eigenvalue weighted by atomic mass is 9.41. The van der Waals surface area contributed by atoms with Crippen LogP contribution < -0.4 is 4.74 Å². The molecule has 0 bridgehead atoms. The standard InChI is InChI=1S/C14H17BN4O.C2H6/c1-10-8-17-19-13(20-2)6-12(18-14(10)19)11-4-3-5-15(7-11)9-16;1-2/h6,8,11H,3-5,7H2,1-2H3;1-2H3. The van der Waals surface area contributed by atoms with Gasteiger partial charge in [-0.25, -0.2) is 10.2 Å². The normalized spacial score (nSPS) is 17.6. The summed E-state index contributed by atoms with van der Waals surface area (Å²) in [5.74, 6) is 3.45. The van der Waals surface area contributed by atoms with Crippen molar-refractivity contribution in [2.75, 3.05) is 7.11 Å². The lowest BCUT2D eigenvalue weighted by Gasteiger charge is -2.23. The Hall–Kier alpha value is -2.03. The average Bonchev–Trinajstić information content (AvgIpc) is 2.97. The minimum atomic E-state index is 0.156. The molecule has 1 fully saturated rings. The molecule has 5 nitrogen and oxygen atoms in total. The number of hydrogen-bond donors (Lipinski definition) is 0. The third-order valence-corrected chi connectivity index (χ3v) is 4.12. The van der Waals surface area contributed by atoms with Crippen LogP contribution in [0.1, 0.15) is 43.9 Å². The van der Waals surface area contributed by atoms with Gasteiger partial charge in [0.1, 0.15) is 0 Å². The predicted molar refractivity (Wildman–Crippen MR) is 88.6 cm³/mol. The number of rotatable bonds is 2. The highest BCUT2D eigenvalue weighted by Crippen LogP contribution is 2.34. The van der Waals surface area contributed by atoms with Crippen LogP contribution in [0.15, 0.2) is 12.3 Å². The number of aromatic nitrogens is 3. The first-order valence-corrected chi connectivity index (χ1v) is 8.01. The van der Waals surface area contributed by atoms with Crippen LogP contribution in [0.3, 0.4) is 0 Å². The van der Waals surface area contributed by atoms with E-state index in [1.807, 2.05) is 26.8 Å². The second-order valence-corrected chi connectivity index (χ2v) is 5.48. The van der Waals surface area contributed by atoms with Gasteiger partial charge in [0.2, 0.25) is 5.88 Å². The maximum Gasteiger partial charge on any atom is 0.268 e. The van der Waals surface area contributed by atoms with E-state index in [1.165, 1.54) is 0 Å². The fourth-order valence-electron chi connectivity index (χ4n) is 2.99. The first-order chi connectivity index (χ1) is 10.7. The zero-order valence-electron chi connectivity index (χ0n) is 13.8. The van der Waals surface area contributed by atoms with E-state index in [-0.39, 0.29) is 6.71 Å². The molecule has 0 aromatic carbocycles. The summed E-state index contributed by atoms with van der Waals surface area (Å²) in [5.41, 5.74) is 2.91. The smallest absolute Gasteiger partial charge is 0.268 e. The monoisotopic (exact) mass is 298 g/mol. The van der Waals surface area contributed by atoms with Gasteiger partial charge in [0.15, 0.2) is 5.65 Å². The topological polar surface area (TPSA) is 63.2 Å². The highest BCUT2D eigenvalue weighted by molar-refractivity contribution is 6.67. The number of nitrogens with zero attached hydrogens (tertiary/aromatic N) is 4. The molecule has 3 heterocycles. The molecule has 116 valence electrons. The number of aryl methyl sites for hydroxylation is 1. The highest BCUT2D eigenvalue weighted by atomic mass is 16.5. The van der Waals surface area contributed by atoms with Gasteiger partial charge in [-0.05, 0) is 19.3 Å². The third-order valence-electron chi connectivity index (χ3n) is 4.12. The third kappa shape index (κ3) is 3.08. The molecule has 6 heteroatoms. The highest BCUT2D eigenvalue weighted by Gasteiger charge is 2.28. The van der Waals surface area contributed by atoms with Gasteiger partial charge in [0.05, 0.1) is 19.0 Å². The van der Waals surface area contributed by atoms with Crippen LogP contribution in [0, 0.1) is 18.2 Å². The van der Waals surface area contributed by atoms with Gasteiger partial charge in [0, 0.05) is 17.6 Å². The first-order valence-electron chi connectivity index (χ1n) is 8.01. The summed E-state index contributed by atoms with van der Waals surface area (Å²) in [4.78, 5) is 4.75. The van der Waals surface area contributed by atoms with Gasteiger partial charge in [0.25, 0.3) is 6.71 Å². The van der Waals surface area contributed by atoms with Gasteiger partial charge in [-0.15, -0.1) is 0 Å². The summed E-state index contributed by atoms with van der Waals surface area (Å²) >= 11 is 0. The molecule has 0 saturated carbocycles. The molecule has 1 aliphatic heterocycles. The Bertz CT molecular complexity index is 677. The van der Waals surface area contributed by atoms with Gasteiger partial charge >= 0.3 is 0 Å². The van der Waals surface area contributed by atoms with Crippen molar-refractivity contribution < 1.29 is 4.74 Å². The van der Waals surface area contributed by atoms with Crippen molar-refractivity contribution in [3.63, 3.8) is 0 Å². The lowest BCUT2D eigenvalue weighted by Crippen LogP contribution is -2.21. The largest absolute Gasteiger partial charge is 0.481 e. The maximum absolute atomic E-state index is 9.13. The van der Waals surface area contributed by atoms with Crippen molar-refractivity contribution in [3.05, 3.63) is 23.5 Å². The summed E-state index contributed by atoms with van der Waals surface area (Å²) in [5, 5.41) is 13.4. The van der Waals surface area contributed by atoms with Crippen LogP contribution in [-0.4, -0.2) is 28.4 Å². The van der Waals surface area contributed by atoms with Crippen molar-refractivity contribution in [2.24, 2.45) is 0 Å². The summed E-state index contributed by atoms with van der Waals surface area (Å²) in [6.45, 7) is 6.15. The number of hydrogen-bond acceptors (Lipinski definition) is 4. The van der Waals surface area contributed by atoms with Gasteiger partial charge in [-0.3, -0.25) is 0 Å². The molecule has 2 aromatic heterocycles. The van der Waals surface area contributed by atoms with Crippen LogP contribution in [0.5, 0.6) is 5.88 Å². The molecule has 22 heavy (non-hydrogen) atoms. The number of nitriles is 1. The average molecular weight is 298 g/mol. The van der Waals surface area contributed by atoms with E-state index >= 15 is 0 Å². The molecule has 1 saturated heterocycles. The Balaban J connectivity index is 0.000000847. The van der Waals surface area contributed by atoms with Crippen LogP contribution in [-0.2, 0) is 0 Å². The van der Waals surface area contributed by atoms with E-state index in [1.54, 1.807) is 17.8 Å². The van der Waals surface area contributed by atoms with Crippen molar-refractivity contribution in [2.45, 2.75) is 52.2 Å². The number of methoxy groups -OCH3 is 1. The second-order valence-electron chi connectivity index (χ2n) is 5.48. The van der Waals surface area contributed by atoms with Gasteiger partial charge in [-0.2, -0.15) is 9.61 Å². The van der Waals surface area contributed by atoms with Crippen molar-refractivity contribution in [1.82, 2.24) is 14.6 Å². The number of ether oxygens (including phenoxy) is 1. The van der Waals surface area contributed by atoms with E-state index in [0.717, 1.165) is 42.4 Å². The fraction of sp³-hybridized carbons (Fsp3) is 0.562. The molecule has 0 amide bonds. The molecule has 0 N–H and O–H groups in total. The Morgan fingerprint density at radius 1 is 1.45 bits per heavy atom. The van der Waals surface area contributed by atoms with Crippen LogP contribution in [0.4, 0.5) is 0 Å². The SMILES string of the molecule is CC.COc1cc(C2CCCB(C#N)C2)nc2c(C)cnn12. The molecule has 1 unspecified atom stereocenters. The molecule has 0 aliphatic carbocycles. The van der Waals surface area contributed by atoms with Gasteiger partial charge in [-0.1, -0.05) is 32.9 Å². The Labute approximate surface area is 132 Å². The molecule has 0 spiro atoms. The molecule has 0 radical (unpaired) electrons. The molecule has 2 aromatic rings. The second kappa shape index (κ2) is 7.30. The summed E-state index contributed by atoms with van der Waals surface area (Å²) in [6, 6.07) is 1.96. The van der Waals surface area contributed by atoms with E-state index in [4.69, 9.17) is 15.0 Å². The predicted octanol–water partition coefficient (Wildman–Crippen LogP) is 3.51. The fourth-order valence-corrected chi connectivity index (χ4v) is 2.99.